The lowest BCUT2D eigenvalue weighted by Crippen LogP contribution is -2.56. The van der Waals surface area contributed by atoms with Crippen LogP contribution in [-0.2, 0) is 22.4 Å². The molecule has 0 bridgehead atoms. The lowest BCUT2D eigenvalue weighted by Gasteiger charge is -2.41. The van der Waals surface area contributed by atoms with Gasteiger partial charge in [-0.3, -0.25) is 9.69 Å². The van der Waals surface area contributed by atoms with Gasteiger partial charge in [0, 0.05) is 75.0 Å². The van der Waals surface area contributed by atoms with E-state index >= 15 is 0 Å². The zero-order valence-electron chi connectivity index (χ0n) is 27.1. The van der Waals surface area contributed by atoms with E-state index in [1.807, 2.05) is 54.0 Å². The van der Waals surface area contributed by atoms with E-state index in [1.54, 1.807) is 4.90 Å². The Bertz CT molecular complexity index is 1390. The zero-order valence-corrected chi connectivity index (χ0v) is 27.9. The fourth-order valence-corrected chi connectivity index (χ4v) is 7.63. The maximum atomic E-state index is 14.0. The van der Waals surface area contributed by atoms with Crippen molar-refractivity contribution < 1.29 is 19.1 Å². The number of ether oxygens (including phenoxy) is 1. The number of carbonyl (C=O) groups is 3. The van der Waals surface area contributed by atoms with Gasteiger partial charge in [0.1, 0.15) is 0 Å². The number of aryl methyl sites for hydroxylation is 2. The molecule has 6 rings (SSSR count). The number of amides is 4. The summed E-state index contributed by atoms with van der Waals surface area (Å²) in [4.78, 5) is 48.6. The predicted octanol–water partition coefficient (Wildman–Crippen LogP) is 4.46. The molecule has 3 fully saturated rings. The summed E-state index contributed by atoms with van der Waals surface area (Å²) in [5, 5.41) is 7.20. The van der Waals surface area contributed by atoms with E-state index in [9.17, 15) is 14.4 Å². The first-order valence-corrected chi connectivity index (χ1v) is 17.2. The molecular weight excluding hydrogens is 604 g/mol. The highest BCUT2D eigenvalue weighted by Crippen LogP contribution is 2.27. The van der Waals surface area contributed by atoms with Crippen LogP contribution < -0.4 is 10.6 Å². The van der Waals surface area contributed by atoms with Crippen molar-refractivity contribution in [2.75, 3.05) is 64.2 Å². The number of piperidine rings is 2. The average molecular weight is 651 g/mol. The van der Waals surface area contributed by atoms with Crippen molar-refractivity contribution in [3.8, 4) is 0 Å². The van der Waals surface area contributed by atoms with Crippen molar-refractivity contribution in [3.05, 3.63) is 63.7 Å². The molecule has 4 aliphatic rings. The molecule has 2 aromatic rings. The molecule has 248 valence electrons. The van der Waals surface area contributed by atoms with Crippen LogP contribution in [0.15, 0.2) is 36.4 Å². The normalized spacial score (nSPS) is 20.9. The Kier molecular flexibility index (Phi) is 10.4. The number of nitrogens with zero attached hydrogens (tertiary/aromatic N) is 4. The minimum atomic E-state index is -0.925. The Labute approximate surface area is 277 Å². The fourth-order valence-electron chi connectivity index (χ4n) is 7.52. The van der Waals surface area contributed by atoms with E-state index in [0.717, 1.165) is 73.4 Å². The number of benzene rings is 2. The number of fused-ring (bicyclic) bond motifs is 1. The van der Waals surface area contributed by atoms with Crippen molar-refractivity contribution in [1.82, 2.24) is 24.9 Å². The topological polar surface area (TPSA) is 97.5 Å². The Hall–Kier alpha value is -3.34. The molecule has 4 amide bonds. The van der Waals surface area contributed by atoms with Crippen LogP contribution >= 0.6 is 11.6 Å². The molecule has 0 saturated carbocycles. The van der Waals surface area contributed by atoms with Gasteiger partial charge in [-0.25, -0.2) is 9.59 Å². The number of anilines is 1. The van der Waals surface area contributed by atoms with Crippen LogP contribution in [0.4, 0.5) is 15.3 Å². The van der Waals surface area contributed by atoms with Gasteiger partial charge in [0.2, 0.25) is 0 Å². The van der Waals surface area contributed by atoms with Crippen LogP contribution in [0.25, 0.3) is 0 Å². The van der Waals surface area contributed by atoms with Gasteiger partial charge in [0.05, 0.1) is 0 Å². The monoisotopic (exact) mass is 650 g/mol. The third-order valence-corrected chi connectivity index (χ3v) is 10.8. The van der Waals surface area contributed by atoms with Crippen LogP contribution in [0.2, 0.25) is 5.02 Å². The summed E-state index contributed by atoms with van der Waals surface area (Å²) in [6, 6.07) is 12.4. The first-order chi connectivity index (χ1) is 22.3. The van der Waals surface area contributed by atoms with E-state index in [0.29, 0.717) is 63.1 Å². The van der Waals surface area contributed by atoms with Gasteiger partial charge >= 0.3 is 12.1 Å². The molecule has 3 saturated heterocycles. The van der Waals surface area contributed by atoms with Gasteiger partial charge < -0.3 is 30.1 Å². The Morgan fingerprint density at radius 3 is 2.26 bits per heavy atom. The standard InChI is InChI=1S/C35H47ClN6O4/c1-24-21-26(22-25(2)32(24)36)23-31(33(43)40-19-17-39(18-20-40)28-7-12-37-13-8-28)46-35(45)41-14-10-29(11-15-41)42-16-9-27-5-3-4-6-30(27)38-34(42)44/h3-6,21-22,28-29,31,37H,7-20,23H2,1-2H3,(H,38,44)/t31-/m1/s1. The van der Waals surface area contributed by atoms with Crippen molar-refractivity contribution in [3.63, 3.8) is 0 Å². The molecule has 2 N–H and O–H groups in total. The second kappa shape index (κ2) is 14.6. The summed E-state index contributed by atoms with van der Waals surface area (Å²) in [6.45, 7) is 10.5. The third-order valence-electron chi connectivity index (χ3n) is 10.2. The second-order valence-electron chi connectivity index (χ2n) is 13.2. The van der Waals surface area contributed by atoms with E-state index in [-0.39, 0.29) is 18.0 Å². The molecule has 4 heterocycles. The minimum Gasteiger partial charge on any atom is -0.436 e. The molecule has 0 spiro atoms. The van der Waals surface area contributed by atoms with Crippen LogP contribution in [0.3, 0.4) is 0 Å². The number of likely N-dealkylation sites (tertiary alicyclic amines) is 1. The molecule has 4 aliphatic heterocycles. The van der Waals surface area contributed by atoms with Gasteiger partial charge in [0.25, 0.3) is 5.91 Å². The summed E-state index contributed by atoms with van der Waals surface area (Å²) in [5.74, 6) is -0.140. The summed E-state index contributed by atoms with van der Waals surface area (Å²) >= 11 is 6.44. The first-order valence-electron chi connectivity index (χ1n) is 16.9. The number of carbonyl (C=O) groups excluding carboxylic acids is 3. The van der Waals surface area contributed by atoms with Gasteiger partial charge in [-0.1, -0.05) is 41.9 Å². The molecule has 46 heavy (non-hydrogen) atoms. The van der Waals surface area contributed by atoms with E-state index in [1.165, 1.54) is 0 Å². The molecule has 2 aromatic carbocycles. The highest BCUT2D eigenvalue weighted by atomic mass is 35.5. The maximum absolute atomic E-state index is 14.0. The Balaban J connectivity index is 1.09. The largest absolute Gasteiger partial charge is 0.436 e. The van der Waals surface area contributed by atoms with E-state index < -0.39 is 12.2 Å². The highest BCUT2D eigenvalue weighted by Gasteiger charge is 2.36. The molecule has 0 radical (unpaired) electrons. The molecule has 0 aliphatic carbocycles. The van der Waals surface area contributed by atoms with Gasteiger partial charge in [-0.2, -0.15) is 0 Å². The molecule has 0 aromatic heterocycles. The van der Waals surface area contributed by atoms with Crippen molar-refractivity contribution in [2.45, 2.75) is 70.6 Å². The second-order valence-corrected chi connectivity index (χ2v) is 13.6. The van der Waals surface area contributed by atoms with Crippen LogP contribution in [0, 0.1) is 13.8 Å². The van der Waals surface area contributed by atoms with Gasteiger partial charge in [0.15, 0.2) is 6.10 Å². The SMILES string of the molecule is Cc1cc(C[C@@H](OC(=O)N2CCC(N3CCc4ccccc4NC3=O)CC2)C(=O)N2CCN(C3CCNCC3)CC2)cc(C)c1Cl. The van der Waals surface area contributed by atoms with Crippen molar-refractivity contribution in [2.24, 2.45) is 0 Å². The average Bonchev–Trinajstić information content (AvgIpc) is 3.25. The predicted molar refractivity (Wildman–Crippen MR) is 179 cm³/mol. The van der Waals surface area contributed by atoms with Crippen LogP contribution in [-0.4, -0.2) is 115 Å². The van der Waals surface area contributed by atoms with Gasteiger partial charge in [-0.15, -0.1) is 0 Å². The molecule has 10 nitrogen and oxygen atoms in total. The first kappa shape index (κ1) is 32.6. The maximum Gasteiger partial charge on any atom is 0.410 e. The lowest BCUT2D eigenvalue weighted by atomic mass is 10.0. The smallest absolute Gasteiger partial charge is 0.410 e. The molecule has 11 heteroatoms. The lowest BCUT2D eigenvalue weighted by molar-refractivity contribution is -0.143. The zero-order chi connectivity index (χ0) is 32.2. The molecular formula is C35H47ClN6O4. The fraction of sp³-hybridized carbons (Fsp3) is 0.571. The molecule has 1 atom stereocenters. The number of piperazine rings is 1. The van der Waals surface area contributed by atoms with Crippen LogP contribution in [0.1, 0.15) is 47.9 Å². The summed E-state index contributed by atoms with van der Waals surface area (Å²) < 4.78 is 6.07. The number of rotatable bonds is 6. The summed E-state index contributed by atoms with van der Waals surface area (Å²) in [6.07, 6.45) is 3.27. The van der Waals surface area contributed by atoms with Crippen molar-refractivity contribution >= 4 is 35.3 Å². The summed E-state index contributed by atoms with van der Waals surface area (Å²) in [7, 11) is 0. The summed E-state index contributed by atoms with van der Waals surface area (Å²) in [5.41, 5.74) is 4.80. The van der Waals surface area contributed by atoms with Crippen LogP contribution in [0.5, 0.6) is 0 Å². The Morgan fingerprint density at radius 1 is 0.891 bits per heavy atom. The quantitative estimate of drug-likeness (QED) is 0.480. The number of nitrogens with one attached hydrogen (secondary N) is 2. The number of para-hydroxylation sites is 1. The molecule has 0 unspecified atom stereocenters. The van der Waals surface area contributed by atoms with E-state index in [2.05, 4.69) is 21.6 Å². The number of urea groups is 1. The Morgan fingerprint density at radius 2 is 1.57 bits per heavy atom. The number of hydrogen-bond acceptors (Lipinski definition) is 6. The van der Waals surface area contributed by atoms with Crippen molar-refractivity contribution in [1.29, 1.82) is 0 Å². The van der Waals surface area contributed by atoms with Gasteiger partial charge in [-0.05, 0) is 87.4 Å². The van der Waals surface area contributed by atoms with E-state index in [4.69, 9.17) is 16.3 Å². The number of halogens is 1. The number of hydrogen-bond donors (Lipinski definition) is 2. The third kappa shape index (κ3) is 7.45. The highest BCUT2D eigenvalue weighted by molar-refractivity contribution is 6.32. The minimum absolute atomic E-state index is 0.0343.